The summed E-state index contributed by atoms with van der Waals surface area (Å²) in [5.74, 6) is -1.36. The van der Waals surface area contributed by atoms with Gasteiger partial charge in [-0.05, 0) is 47.2 Å². The molecule has 0 radical (unpaired) electrons. The van der Waals surface area contributed by atoms with E-state index in [4.69, 9.17) is 0 Å². The third-order valence-electron chi connectivity index (χ3n) is 3.84. The lowest BCUT2D eigenvalue weighted by Crippen LogP contribution is -2.29. The molecule has 0 bridgehead atoms. The van der Waals surface area contributed by atoms with Crippen molar-refractivity contribution in [2.75, 3.05) is 10.6 Å². The molecule has 0 spiro atoms. The Hall–Kier alpha value is -2.62. The standard InChI is InChI=1S/C20H24N2O2/c1-5-14-6-10-16(11-7-14)21-18(23)19(24)22-17-12-8-15(9-13-17)20(2,3)4/h6-13H,5H2,1-4H3,(H,21,23)(H,22,24). The normalized spacial score (nSPS) is 11.0. The maximum Gasteiger partial charge on any atom is 0.314 e. The van der Waals surface area contributed by atoms with Gasteiger partial charge in [-0.1, -0.05) is 52.0 Å². The molecule has 0 aromatic heterocycles. The van der Waals surface area contributed by atoms with Crippen LogP contribution in [0.3, 0.4) is 0 Å². The van der Waals surface area contributed by atoms with Crippen LogP contribution >= 0.6 is 0 Å². The number of amides is 2. The molecule has 4 heteroatoms. The minimum Gasteiger partial charge on any atom is -0.318 e. The van der Waals surface area contributed by atoms with Crippen molar-refractivity contribution in [3.05, 3.63) is 59.7 Å². The zero-order valence-corrected chi connectivity index (χ0v) is 14.6. The summed E-state index contributed by atoms with van der Waals surface area (Å²) in [6.45, 7) is 8.43. The molecule has 0 atom stereocenters. The monoisotopic (exact) mass is 324 g/mol. The molecule has 2 amide bonds. The van der Waals surface area contributed by atoms with Gasteiger partial charge < -0.3 is 10.6 Å². The van der Waals surface area contributed by atoms with Crippen LogP contribution in [0.4, 0.5) is 11.4 Å². The second-order valence-electron chi connectivity index (χ2n) is 6.79. The molecule has 2 rings (SSSR count). The van der Waals surface area contributed by atoms with Gasteiger partial charge in [0.15, 0.2) is 0 Å². The van der Waals surface area contributed by atoms with Crippen LogP contribution < -0.4 is 10.6 Å². The highest BCUT2D eigenvalue weighted by atomic mass is 16.2. The first-order chi connectivity index (χ1) is 11.3. The van der Waals surface area contributed by atoms with E-state index >= 15 is 0 Å². The first kappa shape index (κ1) is 17.7. The Labute approximate surface area is 143 Å². The number of anilines is 2. The van der Waals surface area contributed by atoms with Gasteiger partial charge in [-0.2, -0.15) is 0 Å². The fraction of sp³-hybridized carbons (Fsp3) is 0.300. The second-order valence-corrected chi connectivity index (χ2v) is 6.79. The molecule has 126 valence electrons. The Morgan fingerprint density at radius 2 is 1.21 bits per heavy atom. The smallest absolute Gasteiger partial charge is 0.314 e. The Kier molecular flexibility index (Phi) is 5.39. The van der Waals surface area contributed by atoms with Gasteiger partial charge in [0.2, 0.25) is 0 Å². The highest BCUT2D eigenvalue weighted by molar-refractivity contribution is 6.43. The SMILES string of the molecule is CCc1ccc(NC(=O)C(=O)Nc2ccc(C(C)(C)C)cc2)cc1. The first-order valence-electron chi connectivity index (χ1n) is 8.11. The summed E-state index contributed by atoms with van der Waals surface area (Å²) in [5, 5.41) is 5.21. The number of benzene rings is 2. The molecule has 0 aliphatic rings. The average Bonchev–Trinajstić information content (AvgIpc) is 2.55. The van der Waals surface area contributed by atoms with Gasteiger partial charge in [0.1, 0.15) is 0 Å². The minimum absolute atomic E-state index is 0.0462. The molecule has 24 heavy (non-hydrogen) atoms. The van der Waals surface area contributed by atoms with E-state index < -0.39 is 11.8 Å². The van der Waals surface area contributed by atoms with Gasteiger partial charge >= 0.3 is 11.8 Å². The van der Waals surface area contributed by atoms with E-state index in [2.05, 4.69) is 38.3 Å². The summed E-state index contributed by atoms with van der Waals surface area (Å²) >= 11 is 0. The molecule has 0 aliphatic carbocycles. The maximum absolute atomic E-state index is 12.0. The summed E-state index contributed by atoms with van der Waals surface area (Å²) in [6, 6.07) is 15.0. The van der Waals surface area contributed by atoms with Crippen molar-refractivity contribution in [1.82, 2.24) is 0 Å². The van der Waals surface area contributed by atoms with Gasteiger partial charge in [-0.3, -0.25) is 9.59 Å². The highest BCUT2D eigenvalue weighted by Crippen LogP contribution is 2.23. The zero-order chi connectivity index (χ0) is 17.7. The van der Waals surface area contributed by atoms with E-state index in [1.54, 1.807) is 12.1 Å². The van der Waals surface area contributed by atoms with E-state index in [1.807, 2.05) is 36.4 Å². The van der Waals surface area contributed by atoms with Crippen molar-refractivity contribution in [3.63, 3.8) is 0 Å². The molecule has 4 nitrogen and oxygen atoms in total. The molecule has 0 fully saturated rings. The minimum atomic E-state index is -0.682. The lowest BCUT2D eigenvalue weighted by atomic mass is 9.87. The number of hydrogen-bond acceptors (Lipinski definition) is 2. The largest absolute Gasteiger partial charge is 0.318 e. The summed E-state index contributed by atoms with van der Waals surface area (Å²) in [4.78, 5) is 24.0. The van der Waals surface area contributed by atoms with E-state index in [0.717, 1.165) is 6.42 Å². The Morgan fingerprint density at radius 1 is 0.792 bits per heavy atom. The maximum atomic E-state index is 12.0. The quantitative estimate of drug-likeness (QED) is 0.834. The molecular weight excluding hydrogens is 300 g/mol. The summed E-state index contributed by atoms with van der Waals surface area (Å²) in [7, 11) is 0. The summed E-state index contributed by atoms with van der Waals surface area (Å²) < 4.78 is 0. The first-order valence-corrected chi connectivity index (χ1v) is 8.11. The molecule has 0 saturated heterocycles. The van der Waals surface area contributed by atoms with Gasteiger partial charge in [0, 0.05) is 11.4 Å². The zero-order valence-electron chi connectivity index (χ0n) is 14.6. The average molecular weight is 324 g/mol. The van der Waals surface area contributed by atoms with Gasteiger partial charge in [0.25, 0.3) is 0 Å². The number of carbonyl (C=O) groups excluding carboxylic acids is 2. The van der Waals surface area contributed by atoms with Crippen molar-refractivity contribution in [1.29, 1.82) is 0 Å². The molecule has 0 aliphatic heterocycles. The van der Waals surface area contributed by atoms with Crippen LogP contribution in [0.5, 0.6) is 0 Å². The van der Waals surface area contributed by atoms with Crippen LogP contribution in [0.25, 0.3) is 0 Å². The van der Waals surface area contributed by atoms with Gasteiger partial charge in [-0.15, -0.1) is 0 Å². The van der Waals surface area contributed by atoms with E-state index in [9.17, 15) is 9.59 Å². The van der Waals surface area contributed by atoms with Crippen molar-refractivity contribution < 1.29 is 9.59 Å². The summed E-state index contributed by atoms with van der Waals surface area (Å²) in [5.41, 5.74) is 3.60. The number of nitrogens with one attached hydrogen (secondary N) is 2. The Bertz CT molecular complexity index is 711. The van der Waals surface area contributed by atoms with Crippen molar-refractivity contribution >= 4 is 23.2 Å². The van der Waals surface area contributed by atoms with Crippen molar-refractivity contribution in [3.8, 4) is 0 Å². The van der Waals surface area contributed by atoms with Crippen LogP contribution in [0, 0.1) is 0 Å². The molecule has 2 N–H and O–H groups in total. The van der Waals surface area contributed by atoms with Crippen molar-refractivity contribution in [2.45, 2.75) is 39.5 Å². The fourth-order valence-corrected chi connectivity index (χ4v) is 2.25. The Morgan fingerprint density at radius 3 is 1.58 bits per heavy atom. The van der Waals surface area contributed by atoms with E-state index in [0.29, 0.717) is 11.4 Å². The van der Waals surface area contributed by atoms with Crippen LogP contribution in [-0.4, -0.2) is 11.8 Å². The molecule has 2 aromatic carbocycles. The van der Waals surface area contributed by atoms with Gasteiger partial charge in [0.05, 0.1) is 0 Å². The molecule has 0 unspecified atom stereocenters. The number of hydrogen-bond donors (Lipinski definition) is 2. The number of rotatable bonds is 3. The molecule has 0 heterocycles. The predicted molar refractivity (Wildman–Crippen MR) is 98.2 cm³/mol. The van der Waals surface area contributed by atoms with Crippen LogP contribution in [0.15, 0.2) is 48.5 Å². The Balaban J connectivity index is 1.97. The third-order valence-corrected chi connectivity index (χ3v) is 3.84. The second kappa shape index (κ2) is 7.30. The molecule has 2 aromatic rings. The lowest BCUT2D eigenvalue weighted by Gasteiger charge is -2.19. The van der Waals surface area contributed by atoms with Crippen LogP contribution in [-0.2, 0) is 21.4 Å². The van der Waals surface area contributed by atoms with Gasteiger partial charge in [-0.25, -0.2) is 0 Å². The topological polar surface area (TPSA) is 58.2 Å². The highest BCUT2D eigenvalue weighted by Gasteiger charge is 2.16. The van der Waals surface area contributed by atoms with Crippen LogP contribution in [0.1, 0.15) is 38.8 Å². The molecular formula is C20H24N2O2. The van der Waals surface area contributed by atoms with Crippen molar-refractivity contribution in [2.24, 2.45) is 0 Å². The van der Waals surface area contributed by atoms with E-state index in [-0.39, 0.29) is 5.41 Å². The molecule has 0 saturated carbocycles. The van der Waals surface area contributed by atoms with Crippen LogP contribution in [0.2, 0.25) is 0 Å². The summed E-state index contributed by atoms with van der Waals surface area (Å²) in [6.07, 6.45) is 0.930. The predicted octanol–water partition coefficient (Wildman–Crippen LogP) is 4.12. The number of aryl methyl sites for hydroxylation is 1. The fourth-order valence-electron chi connectivity index (χ4n) is 2.25. The lowest BCUT2D eigenvalue weighted by molar-refractivity contribution is -0.132. The van der Waals surface area contributed by atoms with E-state index in [1.165, 1.54) is 11.1 Å². The third kappa shape index (κ3) is 4.69. The number of carbonyl (C=O) groups is 2.